The highest BCUT2D eigenvalue weighted by Gasteiger charge is 2.21. The van der Waals surface area contributed by atoms with Gasteiger partial charge in [0.25, 0.3) is 5.91 Å². The number of carbonyl (C=O) groups excluding carboxylic acids is 1. The maximum absolute atomic E-state index is 12.4. The number of hydrogen-bond acceptors (Lipinski definition) is 5. The molecule has 4 rings (SSSR count). The lowest BCUT2D eigenvalue weighted by molar-refractivity contribution is 0.0920. The van der Waals surface area contributed by atoms with Crippen LogP contribution in [0.25, 0.3) is 0 Å². The molecule has 29 heavy (non-hydrogen) atoms. The Morgan fingerprint density at radius 1 is 1.00 bits per heavy atom. The molecule has 6 nitrogen and oxygen atoms in total. The SMILES string of the molecule is O=C(Nc1ccncc1)c1cccc(OC2CCN(Cc3ccccc3)CC2)n1. The number of hydrogen-bond donors (Lipinski definition) is 1. The minimum atomic E-state index is -0.265. The number of aromatic nitrogens is 2. The topological polar surface area (TPSA) is 67.3 Å². The Morgan fingerprint density at radius 3 is 2.52 bits per heavy atom. The summed E-state index contributed by atoms with van der Waals surface area (Å²) in [6, 6.07) is 19.3. The standard InChI is InChI=1S/C23H24N4O2/c28-23(25-19-9-13-24-14-10-19)21-7-4-8-22(26-21)29-20-11-15-27(16-12-20)17-18-5-2-1-3-6-18/h1-10,13-14,20H,11-12,15-17H2,(H,24,25,28). The third kappa shape index (κ3) is 5.39. The van der Waals surface area contributed by atoms with Crippen LogP contribution in [-0.2, 0) is 6.54 Å². The summed E-state index contributed by atoms with van der Waals surface area (Å²) >= 11 is 0. The molecular formula is C23H24N4O2. The smallest absolute Gasteiger partial charge is 0.274 e. The number of ether oxygens (including phenoxy) is 1. The van der Waals surface area contributed by atoms with Crippen molar-refractivity contribution in [2.45, 2.75) is 25.5 Å². The number of carbonyl (C=O) groups is 1. The van der Waals surface area contributed by atoms with Crippen LogP contribution in [0.1, 0.15) is 28.9 Å². The first-order valence-corrected chi connectivity index (χ1v) is 9.88. The van der Waals surface area contributed by atoms with Crippen molar-refractivity contribution >= 4 is 11.6 Å². The molecule has 1 aliphatic rings. The highest BCUT2D eigenvalue weighted by molar-refractivity contribution is 6.02. The fourth-order valence-electron chi connectivity index (χ4n) is 3.43. The normalized spacial score (nSPS) is 15.0. The number of nitrogens with zero attached hydrogens (tertiary/aromatic N) is 3. The molecule has 1 aromatic carbocycles. The van der Waals surface area contributed by atoms with Gasteiger partial charge in [0.1, 0.15) is 11.8 Å². The van der Waals surface area contributed by atoms with Gasteiger partial charge in [0.15, 0.2) is 0 Å². The Morgan fingerprint density at radius 2 is 1.76 bits per heavy atom. The number of nitrogens with one attached hydrogen (secondary N) is 1. The van der Waals surface area contributed by atoms with E-state index in [1.807, 2.05) is 6.07 Å². The number of pyridine rings is 2. The number of benzene rings is 1. The van der Waals surface area contributed by atoms with Crippen LogP contribution >= 0.6 is 0 Å². The molecule has 0 radical (unpaired) electrons. The molecule has 3 aromatic rings. The Labute approximate surface area is 170 Å². The second-order valence-corrected chi connectivity index (χ2v) is 7.13. The van der Waals surface area contributed by atoms with Gasteiger partial charge in [-0.2, -0.15) is 0 Å². The van der Waals surface area contributed by atoms with E-state index in [-0.39, 0.29) is 12.0 Å². The van der Waals surface area contributed by atoms with E-state index in [1.165, 1.54) is 5.56 Å². The lowest BCUT2D eigenvalue weighted by Gasteiger charge is -2.31. The van der Waals surface area contributed by atoms with E-state index in [2.05, 4.69) is 44.5 Å². The zero-order valence-electron chi connectivity index (χ0n) is 16.2. The maximum atomic E-state index is 12.4. The second kappa shape index (κ2) is 9.30. The van der Waals surface area contributed by atoms with E-state index < -0.39 is 0 Å². The van der Waals surface area contributed by atoms with E-state index in [4.69, 9.17) is 4.74 Å². The minimum Gasteiger partial charge on any atom is -0.474 e. The van der Waals surface area contributed by atoms with E-state index in [0.29, 0.717) is 17.3 Å². The van der Waals surface area contributed by atoms with Crippen LogP contribution in [0.15, 0.2) is 73.1 Å². The Hall–Kier alpha value is -3.25. The van der Waals surface area contributed by atoms with Gasteiger partial charge in [-0.15, -0.1) is 0 Å². The van der Waals surface area contributed by atoms with Gasteiger partial charge < -0.3 is 10.1 Å². The third-order valence-electron chi connectivity index (χ3n) is 4.97. The van der Waals surface area contributed by atoms with E-state index in [0.717, 1.165) is 32.5 Å². The first-order valence-electron chi connectivity index (χ1n) is 9.88. The quantitative estimate of drug-likeness (QED) is 0.696. The van der Waals surface area contributed by atoms with Gasteiger partial charge in [0, 0.05) is 43.8 Å². The zero-order valence-corrected chi connectivity index (χ0v) is 16.2. The Kier molecular flexibility index (Phi) is 6.12. The molecule has 148 valence electrons. The molecule has 1 N–H and O–H groups in total. The fourth-order valence-corrected chi connectivity index (χ4v) is 3.43. The molecular weight excluding hydrogens is 364 g/mol. The summed E-state index contributed by atoms with van der Waals surface area (Å²) in [6.07, 6.45) is 5.27. The first kappa shape index (κ1) is 19.1. The van der Waals surface area contributed by atoms with Gasteiger partial charge in [-0.1, -0.05) is 36.4 Å². The van der Waals surface area contributed by atoms with Crippen LogP contribution in [0.5, 0.6) is 5.88 Å². The molecule has 6 heteroatoms. The lowest BCUT2D eigenvalue weighted by Crippen LogP contribution is -2.37. The summed E-state index contributed by atoms with van der Waals surface area (Å²) < 4.78 is 6.07. The molecule has 1 aliphatic heterocycles. The van der Waals surface area contributed by atoms with Crippen molar-refractivity contribution in [2.24, 2.45) is 0 Å². The number of likely N-dealkylation sites (tertiary alicyclic amines) is 1. The molecule has 0 unspecified atom stereocenters. The molecule has 1 fully saturated rings. The Balaban J connectivity index is 1.30. The van der Waals surface area contributed by atoms with E-state index >= 15 is 0 Å². The largest absolute Gasteiger partial charge is 0.474 e. The van der Waals surface area contributed by atoms with Gasteiger partial charge >= 0.3 is 0 Å². The van der Waals surface area contributed by atoms with Gasteiger partial charge in [-0.05, 0) is 36.6 Å². The number of anilines is 1. The zero-order chi connectivity index (χ0) is 19.9. The molecule has 2 aromatic heterocycles. The van der Waals surface area contributed by atoms with Crippen LogP contribution in [-0.4, -0.2) is 40.0 Å². The van der Waals surface area contributed by atoms with Crippen molar-refractivity contribution in [3.63, 3.8) is 0 Å². The summed E-state index contributed by atoms with van der Waals surface area (Å²) in [5.41, 5.74) is 2.35. The first-order chi connectivity index (χ1) is 14.3. The van der Waals surface area contributed by atoms with Crippen molar-refractivity contribution in [3.8, 4) is 5.88 Å². The summed E-state index contributed by atoms with van der Waals surface area (Å²) in [4.78, 5) is 23.2. The molecule has 1 amide bonds. The number of amides is 1. The van der Waals surface area contributed by atoms with Gasteiger partial charge in [-0.3, -0.25) is 14.7 Å². The molecule has 0 saturated carbocycles. The predicted octanol–water partition coefficient (Wildman–Crippen LogP) is 3.77. The number of rotatable bonds is 6. The molecule has 0 aliphatic carbocycles. The molecule has 0 spiro atoms. The van der Waals surface area contributed by atoms with Gasteiger partial charge in [-0.25, -0.2) is 4.98 Å². The average Bonchev–Trinajstić information content (AvgIpc) is 2.77. The predicted molar refractivity (Wildman–Crippen MR) is 112 cm³/mol. The molecule has 1 saturated heterocycles. The average molecular weight is 388 g/mol. The highest BCUT2D eigenvalue weighted by atomic mass is 16.5. The molecule has 0 atom stereocenters. The van der Waals surface area contributed by atoms with Crippen LogP contribution in [0, 0.1) is 0 Å². The van der Waals surface area contributed by atoms with Crippen LogP contribution in [0.2, 0.25) is 0 Å². The van der Waals surface area contributed by atoms with Crippen molar-refractivity contribution < 1.29 is 9.53 Å². The summed E-state index contributed by atoms with van der Waals surface area (Å²) in [6.45, 7) is 2.94. The molecule has 0 bridgehead atoms. The summed E-state index contributed by atoms with van der Waals surface area (Å²) in [5, 5.41) is 2.81. The second-order valence-electron chi connectivity index (χ2n) is 7.13. The third-order valence-corrected chi connectivity index (χ3v) is 4.97. The molecule has 3 heterocycles. The summed E-state index contributed by atoms with van der Waals surface area (Å²) in [7, 11) is 0. The van der Waals surface area contributed by atoms with Crippen LogP contribution in [0.3, 0.4) is 0 Å². The monoisotopic (exact) mass is 388 g/mol. The van der Waals surface area contributed by atoms with Crippen molar-refractivity contribution in [1.29, 1.82) is 0 Å². The maximum Gasteiger partial charge on any atom is 0.274 e. The van der Waals surface area contributed by atoms with Gasteiger partial charge in [0.2, 0.25) is 5.88 Å². The van der Waals surface area contributed by atoms with E-state index in [9.17, 15) is 4.79 Å². The van der Waals surface area contributed by atoms with Crippen molar-refractivity contribution in [3.05, 3.63) is 84.3 Å². The van der Waals surface area contributed by atoms with E-state index in [1.54, 1.807) is 42.7 Å². The highest BCUT2D eigenvalue weighted by Crippen LogP contribution is 2.19. The Bertz CT molecular complexity index is 926. The van der Waals surface area contributed by atoms with Crippen molar-refractivity contribution in [2.75, 3.05) is 18.4 Å². The summed E-state index contributed by atoms with van der Waals surface area (Å²) in [5.74, 6) is 0.230. The fraction of sp³-hybridized carbons (Fsp3) is 0.261. The minimum absolute atomic E-state index is 0.119. The lowest BCUT2D eigenvalue weighted by atomic mass is 10.1. The van der Waals surface area contributed by atoms with Crippen LogP contribution in [0.4, 0.5) is 5.69 Å². The number of piperidine rings is 1. The van der Waals surface area contributed by atoms with Crippen LogP contribution < -0.4 is 10.1 Å². The van der Waals surface area contributed by atoms with Crippen molar-refractivity contribution in [1.82, 2.24) is 14.9 Å². The van der Waals surface area contributed by atoms with Gasteiger partial charge in [0.05, 0.1) is 0 Å².